The molecule has 6 nitrogen and oxygen atoms in total. The maximum absolute atomic E-state index is 11.3. The van der Waals surface area contributed by atoms with Gasteiger partial charge >= 0.3 is 12.0 Å². The number of hydrogen-bond donors (Lipinski definition) is 3. The lowest BCUT2D eigenvalue weighted by molar-refractivity contribution is -0.131. The van der Waals surface area contributed by atoms with Gasteiger partial charge in [0.2, 0.25) is 0 Å². The van der Waals surface area contributed by atoms with Gasteiger partial charge in [-0.05, 0) is 32.1 Å². The van der Waals surface area contributed by atoms with Gasteiger partial charge in [-0.25, -0.2) is 9.59 Å². The number of carbonyl (C=O) groups excluding carboxylic acids is 2. The van der Waals surface area contributed by atoms with Crippen molar-refractivity contribution in [1.29, 1.82) is 0 Å². The largest absolute Gasteiger partial charge is 0.478 e. The number of rotatable bonds is 5. The third kappa shape index (κ3) is 7.03. The average molecular weight is 266 g/mol. The fourth-order valence-corrected chi connectivity index (χ4v) is 1.81. The van der Waals surface area contributed by atoms with Crippen LogP contribution in [0.1, 0.15) is 32.1 Å². The summed E-state index contributed by atoms with van der Waals surface area (Å²) in [6.07, 6.45) is 9.04. The fraction of sp³-hybridized carbons (Fsp3) is 0.462. The first kappa shape index (κ1) is 14.9. The molecule has 6 heteroatoms. The highest BCUT2D eigenvalue weighted by atomic mass is 16.4. The van der Waals surface area contributed by atoms with Gasteiger partial charge in [-0.2, -0.15) is 0 Å². The topological polar surface area (TPSA) is 95.5 Å². The van der Waals surface area contributed by atoms with Crippen molar-refractivity contribution in [2.75, 3.05) is 6.54 Å². The minimum Gasteiger partial charge on any atom is -0.478 e. The van der Waals surface area contributed by atoms with Crippen molar-refractivity contribution in [3.05, 3.63) is 23.8 Å². The molecule has 1 aliphatic rings. The molecule has 1 rings (SSSR count). The molecule has 0 aromatic rings. The lowest BCUT2D eigenvalue weighted by Gasteiger charge is -2.12. The maximum atomic E-state index is 11.3. The summed E-state index contributed by atoms with van der Waals surface area (Å²) in [5.41, 5.74) is 1.34. The Kier molecular flexibility index (Phi) is 6.35. The van der Waals surface area contributed by atoms with Crippen LogP contribution in [-0.4, -0.2) is 29.6 Å². The average Bonchev–Trinajstić information content (AvgIpc) is 2.37. The van der Waals surface area contributed by atoms with Gasteiger partial charge in [0, 0.05) is 18.7 Å². The highest BCUT2D eigenvalue weighted by Gasteiger charge is 2.06. The highest BCUT2D eigenvalue weighted by Crippen LogP contribution is 2.19. The van der Waals surface area contributed by atoms with Crippen LogP contribution >= 0.6 is 0 Å². The second-order valence-corrected chi connectivity index (χ2v) is 4.27. The second-order valence-electron chi connectivity index (χ2n) is 4.27. The molecule has 3 amide bonds. The quantitative estimate of drug-likeness (QED) is 0.517. The third-order valence-corrected chi connectivity index (χ3v) is 2.73. The maximum Gasteiger partial charge on any atom is 0.328 e. The summed E-state index contributed by atoms with van der Waals surface area (Å²) in [4.78, 5) is 32.5. The summed E-state index contributed by atoms with van der Waals surface area (Å²) >= 11 is 0. The molecule has 3 N–H and O–H groups in total. The van der Waals surface area contributed by atoms with E-state index < -0.39 is 17.9 Å². The molecule has 0 aliphatic heterocycles. The molecule has 0 bridgehead atoms. The molecular formula is C13H18N2O4. The van der Waals surface area contributed by atoms with Gasteiger partial charge in [0.15, 0.2) is 0 Å². The molecule has 0 spiro atoms. The van der Waals surface area contributed by atoms with Crippen molar-refractivity contribution in [1.82, 2.24) is 10.6 Å². The van der Waals surface area contributed by atoms with Crippen LogP contribution < -0.4 is 10.6 Å². The number of allylic oxidation sites excluding steroid dienone is 1. The molecule has 0 radical (unpaired) electrons. The van der Waals surface area contributed by atoms with Crippen molar-refractivity contribution >= 4 is 17.9 Å². The molecule has 0 saturated heterocycles. The van der Waals surface area contributed by atoms with Crippen LogP contribution in [-0.2, 0) is 9.59 Å². The Bertz CT molecular complexity index is 413. The Balaban J connectivity index is 2.18. The van der Waals surface area contributed by atoms with E-state index in [2.05, 4.69) is 11.4 Å². The van der Waals surface area contributed by atoms with Crippen LogP contribution in [0.15, 0.2) is 23.8 Å². The Hall–Kier alpha value is -2.11. The van der Waals surface area contributed by atoms with Gasteiger partial charge in [-0.1, -0.05) is 11.6 Å². The smallest absolute Gasteiger partial charge is 0.328 e. The van der Waals surface area contributed by atoms with Crippen LogP contribution in [0.4, 0.5) is 4.79 Å². The summed E-state index contributed by atoms with van der Waals surface area (Å²) in [5.74, 6) is -1.99. The number of aliphatic carboxylic acids is 1. The molecular weight excluding hydrogens is 248 g/mol. The summed E-state index contributed by atoms with van der Waals surface area (Å²) in [6, 6.07) is -0.614. The van der Waals surface area contributed by atoms with E-state index in [4.69, 9.17) is 5.11 Å². The first-order valence-electron chi connectivity index (χ1n) is 6.25. The predicted octanol–water partition coefficient (Wildman–Crippen LogP) is 1.34. The Morgan fingerprint density at radius 3 is 2.68 bits per heavy atom. The van der Waals surface area contributed by atoms with Crippen molar-refractivity contribution in [2.45, 2.75) is 32.1 Å². The number of carboxylic acid groups (broad SMARTS) is 1. The monoisotopic (exact) mass is 266 g/mol. The Labute approximate surface area is 111 Å². The number of hydrogen-bond acceptors (Lipinski definition) is 3. The number of carbonyl (C=O) groups is 3. The molecule has 0 atom stereocenters. The van der Waals surface area contributed by atoms with Crippen molar-refractivity contribution in [3.8, 4) is 0 Å². The minimum absolute atomic E-state index is 0.466. The summed E-state index contributed by atoms with van der Waals surface area (Å²) < 4.78 is 0. The van der Waals surface area contributed by atoms with Gasteiger partial charge in [-0.3, -0.25) is 10.1 Å². The van der Waals surface area contributed by atoms with E-state index >= 15 is 0 Å². The van der Waals surface area contributed by atoms with Gasteiger partial charge in [0.1, 0.15) is 0 Å². The zero-order valence-electron chi connectivity index (χ0n) is 10.6. The molecule has 0 unspecified atom stereocenters. The number of carboxylic acids is 1. The van der Waals surface area contributed by atoms with Crippen LogP contribution in [0.3, 0.4) is 0 Å². The van der Waals surface area contributed by atoms with Gasteiger partial charge in [-0.15, -0.1) is 0 Å². The van der Waals surface area contributed by atoms with E-state index in [0.29, 0.717) is 12.6 Å². The molecule has 1 aliphatic carbocycles. The SMILES string of the molecule is O=C(O)/C=C/C(=O)NC(=O)NCCC1=CCCCC1. The van der Waals surface area contributed by atoms with E-state index in [1.165, 1.54) is 18.4 Å². The molecule has 104 valence electrons. The highest BCUT2D eigenvalue weighted by molar-refractivity contribution is 6.02. The van der Waals surface area contributed by atoms with Crippen molar-refractivity contribution < 1.29 is 19.5 Å². The van der Waals surface area contributed by atoms with Gasteiger partial charge in [0.25, 0.3) is 5.91 Å². The van der Waals surface area contributed by atoms with Crippen LogP contribution in [0.5, 0.6) is 0 Å². The standard InChI is InChI=1S/C13H18N2O4/c16-11(6-7-12(17)18)15-13(19)14-9-8-10-4-2-1-3-5-10/h4,6-7H,1-3,5,8-9H2,(H,17,18)(H2,14,15,16,19)/b7-6+. The van der Waals surface area contributed by atoms with Gasteiger partial charge in [0.05, 0.1) is 0 Å². The Morgan fingerprint density at radius 1 is 1.26 bits per heavy atom. The van der Waals surface area contributed by atoms with E-state index in [1.54, 1.807) is 0 Å². The first-order valence-corrected chi connectivity index (χ1v) is 6.25. The molecule has 19 heavy (non-hydrogen) atoms. The lowest BCUT2D eigenvalue weighted by atomic mass is 9.97. The normalized spacial score (nSPS) is 14.8. The molecule has 0 fully saturated rings. The number of amides is 3. The number of nitrogens with one attached hydrogen (secondary N) is 2. The zero-order chi connectivity index (χ0) is 14.1. The van der Waals surface area contributed by atoms with Crippen molar-refractivity contribution in [3.63, 3.8) is 0 Å². The molecule has 0 aromatic carbocycles. The first-order chi connectivity index (χ1) is 9.08. The summed E-state index contributed by atoms with van der Waals surface area (Å²) in [5, 5.41) is 12.9. The third-order valence-electron chi connectivity index (χ3n) is 2.73. The number of imide groups is 1. The summed E-state index contributed by atoms with van der Waals surface area (Å²) in [7, 11) is 0. The Morgan fingerprint density at radius 2 is 2.05 bits per heavy atom. The number of urea groups is 1. The van der Waals surface area contributed by atoms with E-state index in [0.717, 1.165) is 25.3 Å². The van der Waals surface area contributed by atoms with E-state index in [-0.39, 0.29) is 0 Å². The van der Waals surface area contributed by atoms with Crippen LogP contribution in [0.25, 0.3) is 0 Å². The molecule has 0 heterocycles. The van der Waals surface area contributed by atoms with E-state index in [1.807, 2.05) is 5.32 Å². The van der Waals surface area contributed by atoms with Crippen LogP contribution in [0.2, 0.25) is 0 Å². The van der Waals surface area contributed by atoms with Gasteiger partial charge < -0.3 is 10.4 Å². The summed E-state index contributed by atoms with van der Waals surface area (Å²) in [6.45, 7) is 0.466. The molecule has 0 aromatic heterocycles. The molecule has 0 saturated carbocycles. The van der Waals surface area contributed by atoms with Crippen LogP contribution in [0, 0.1) is 0 Å². The van der Waals surface area contributed by atoms with E-state index in [9.17, 15) is 14.4 Å². The zero-order valence-corrected chi connectivity index (χ0v) is 10.6. The second kappa shape index (κ2) is 8.07. The fourth-order valence-electron chi connectivity index (χ4n) is 1.81. The predicted molar refractivity (Wildman–Crippen MR) is 69.5 cm³/mol. The minimum atomic E-state index is -1.24. The van der Waals surface area contributed by atoms with Crippen molar-refractivity contribution in [2.24, 2.45) is 0 Å². The lowest BCUT2D eigenvalue weighted by Crippen LogP contribution is -2.39.